The van der Waals surface area contributed by atoms with Gasteiger partial charge in [0.15, 0.2) is 0 Å². The van der Waals surface area contributed by atoms with Crippen molar-refractivity contribution in [3.63, 3.8) is 0 Å². The number of hydrogen-bond acceptors (Lipinski definition) is 3. The highest BCUT2D eigenvalue weighted by Crippen LogP contribution is 2.17. The average Bonchev–Trinajstić information content (AvgIpc) is 2.27. The van der Waals surface area contributed by atoms with Crippen LogP contribution in [0.3, 0.4) is 0 Å². The topological polar surface area (TPSA) is 61.9 Å². The molecule has 1 unspecified atom stereocenters. The summed E-state index contributed by atoms with van der Waals surface area (Å²) in [4.78, 5) is 2.01. The van der Waals surface area contributed by atoms with Gasteiger partial charge in [0, 0.05) is 23.5 Å². The van der Waals surface area contributed by atoms with E-state index in [1.54, 1.807) is 0 Å². The SMILES string of the molecule is CC(CC(N)=NO)N(C)Cc1cc(F)cc(Br)c1. The second-order valence-corrected chi connectivity index (χ2v) is 5.25. The third-order valence-electron chi connectivity index (χ3n) is 2.74. The van der Waals surface area contributed by atoms with Crippen molar-refractivity contribution in [2.24, 2.45) is 10.9 Å². The first-order valence-electron chi connectivity index (χ1n) is 5.54. The molecule has 6 heteroatoms. The van der Waals surface area contributed by atoms with E-state index in [2.05, 4.69) is 21.1 Å². The van der Waals surface area contributed by atoms with E-state index in [0.29, 0.717) is 13.0 Å². The molecule has 0 aliphatic carbocycles. The van der Waals surface area contributed by atoms with Crippen molar-refractivity contribution in [3.8, 4) is 0 Å². The lowest BCUT2D eigenvalue weighted by Crippen LogP contribution is -2.32. The molecule has 0 heterocycles. The van der Waals surface area contributed by atoms with Crippen LogP contribution < -0.4 is 5.73 Å². The van der Waals surface area contributed by atoms with Gasteiger partial charge < -0.3 is 10.9 Å². The zero-order valence-electron chi connectivity index (χ0n) is 10.4. The maximum absolute atomic E-state index is 13.2. The first kappa shape index (κ1) is 14.9. The van der Waals surface area contributed by atoms with Gasteiger partial charge in [-0.15, -0.1) is 0 Å². The molecule has 0 saturated heterocycles. The maximum Gasteiger partial charge on any atom is 0.140 e. The molecule has 0 fully saturated rings. The minimum atomic E-state index is -0.267. The molecule has 0 aliphatic rings. The molecule has 1 aromatic carbocycles. The fraction of sp³-hybridized carbons (Fsp3) is 0.417. The molecular formula is C12H17BrFN3O. The second kappa shape index (κ2) is 6.70. The van der Waals surface area contributed by atoms with E-state index < -0.39 is 0 Å². The molecule has 0 bridgehead atoms. The summed E-state index contributed by atoms with van der Waals surface area (Å²) in [6, 6.07) is 4.89. The van der Waals surface area contributed by atoms with Crippen molar-refractivity contribution in [2.75, 3.05) is 7.05 Å². The van der Waals surface area contributed by atoms with E-state index in [1.807, 2.05) is 24.9 Å². The summed E-state index contributed by atoms with van der Waals surface area (Å²) in [6.07, 6.45) is 0.462. The Bertz CT molecular complexity index is 419. The zero-order valence-corrected chi connectivity index (χ0v) is 12.0. The lowest BCUT2D eigenvalue weighted by atomic mass is 10.1. The molecule has 1 aromatic rings. The van der Waals surface area contributed by atoms with Crippen LogP contribution in [-0.2, 0) is 6.54 Å². The van der Waals surface area contributed by atoms with Gasteiger partial charge >= 0.3 is 0 Å². The first-order chi connectivity index (χ1) is 8.42. The van der Waals surface area contributed by atoms with E-state index >= 15 is 0 Å². The second-order valence-electron chi connectivity index (χ2n) is 4.34. The summed E-state index contributed by atoms with van der Waals surface area (Å²) >= 11 is 3.26. The molecule has 1 atom stereocenters. The fourth-order valence-corrected chi connectivity index (χ4v) is 2.16. The number of amidine groups is 1. The lowest BCUT2D eigenvalue weighted by Gasteiger charge is -2.24. The molecule has 0 aliphatic heterocycles. The van der Waals surface area contributed by atoms with E-state index in [1.165, 1.54) is 12.1 Å². The summed E-state index contributed by atoms with van der Waals surface area (Å²) in [5.41, 5.74) is 6.33. The van der Waals surface area contributed by atoms with Crippen LogP contribution in [0.15, 0.2) is 27.8 Å². The molecule has 0 radical (unpaired) electrons. The number of hydrogen-bond donors (Lipinski definition) is 2. The Kier molecular flexibility index (Phi) is 5.55. The van der Waals surface area contributed by atoms with Crippen LogP contribution in [0.5, 0.6) is 0 Å². The van der Waals surface area contributed by atoms with Crippen LogP contribution in [0.25, 0.3) is 0 Å². The Hall–Kier alpha value is -1.14. The summed E-state index contributed by atoms with van der Waals surface area (Å²) in [6.45, 7) is 2.56. The van der Waals surface area contributed by atoms with Gasteiger partial charge in [0.25, 0.3) is 0 Å². The molecule has 100 valence electrons. The van der Waals surface area contributed by atoms with Crippen LogP contribution in [0.2, 0.25) is 0 Å². The summed E-state index contributed by atoms with van der Waals surface area (Å²) < 4.78 is 13.9. The minimum Gasteiger partial charge on any atom is -0.409 e. The number of rotatable bonds is 5. The highest BCUT2D eigenvalue weighted by molar-refractivity contribution is 9.10. The van der Waals surface area contributed by atoms with Gasteiger partial charge in [0.2, 0.25) is 0 Å². The Morgan fingerprint density at radius 2 is 2.22 bits per heavy atom. The maximum atomic E-state index is 13.2. The van der Waals surface area contributed by atoms with Crippen LogP contribution in [0, 0.1) is 5.82 Å². The molecule has 0 aromatic heterocycles. The summed E-state index contributed by atoms with van der Waals surface area (Å²) in [5, 5.41) is 11.5. The average molecular weight is 318 g/mol. The lowest BCUT2D eigenvalue weighted by molar-refractivity contribution is 0.250. The Morgan fingerprint density at radius 1 is 1.56 bits per heavy atom. The smallest absolute Gasteiger partial charge is 0.140 e. The van der Waals surface area contributed by atoms with E-state index in [0.717, 1.165) is 10.0 Å². The number of oxime groups is 1. The van der Waals surface area contributed by atoms with E-state index in [9.17, 15) is 4.39 Å². The fourth-order valence-electron chi connectivity index (χ4n) is 1.65. The van der Waals surface area contributed by atoms with Gasteiger partial charge in [0.1, 0.15) is 11.7 Å². The van der Waals surface area contributed by atoms with Crippen molar-refractivity contribution in [3.05, 3.63) is 34.1 Å². The highest BCUT2D eigenvalue weighted by Gasteiger charge is 2.12. The largest absolute Gasteiger partial charge is 0.409 e. The quantitative estimate of drug-likeness (QED) is 0.380. The van der Waals surface area contributed by atoms with E-state index in [4.69, 9.17) is 10.9 Å². The van der Waals surface area contributed by atoms with Crippen LogP contribution in [0.1, 0.15) is 18.9 Å². The number of nitrogens with two attached hydrogens (primary N) is 1. The predicted octanol–water partition coefficient (Wildman–Crippen LogP) is 2.54. The molecule has 0 saturated carbocycles. The molecule has 0 amide bonds. The standard InChI is InChI=1S/C12H17BrFN3O/c1-8(3-12(15)16-18)17(2)7-9-4-10(13)6-11(14)5-9/h4-6,8,18H,3,7H2,1-2H3,(H2,15,16). The summed E-state index contributed by atoms with van der Waals surface area (Å²) in [7, 11) is 1.91. The van der Waals surface area contributed by atoms with Crippen molar-refractivity contribution in [2.45, 2.75) is 25.9 Å². The zero-order chi connectivity index (χ0) is 13.7. The number of halogens is 2. The van der Waals surface area contributed by atoms with Crippen molar-refractivity contribution < 1.29 is 9.60 Å². The molecule has 4 nitrogen and oxygen atoms in total. The van der Waals surface area contributed by atoms with Crippen molar-refractivity contribution in [1.82, 2.24) is 4.90 Å². The molecule has 18 heavy (non-hydrogen) atoms. The number of benzene rings is 1. The molecular weight excluding hydrogens is 301 g/mol. The van der Waals surface area contributed by atoms with Crippen LogP contribution in [0.4, 0.5) is 4.39 Å². The third kappa shape index (κ3) is 4.62. The van der Waals surface area contributed by atoms with Crippen molar-refractivity contribution >= 4 is 21.8 Å². The van der Waals surface area contributed by atoms with Gasteiger partial charge in [-0.2, -0.15) is 0 Å². The van der Waals surface area contributed by atoms with Gasteiger partial charge in [-0.25, -0.2) is 4.39 Å². The van der Waals surface area contributed by atoms with Crippen LogP contribution in [-0.4, -0.2) is 29.0 Å². The van der Waals surface area contributed by atoms with Crippen molar-refractivity contribution in [1.29, 1.82) is 0 Å². The first-order valence-corrected chi connectivity index (χ1v) is 6.33. The normalized spacial score (nSPS) is 13.9. The highest BCUT2D eigenvalue weighted by atomic mass is 79.9. The molecule has 1 rings (SSSR count). The van der Waals surface area contributed by atoms with Gasteiger partial charge in [-0.05, 0) is 37.7 Å². The minimum absolute atomic E-state index is 0.0999. The Morgan fingerprint density at radius 3 is 2.78 bits per heavy atom. The Balaban J connectivity index is 2.66. The monoisotopic (exact) mass is 317 g/mol. The van der Waals surface area contributed by atoms with Crippen LogP contribution >= 0.6 is 15.9 Å². The Labute approximate surface area is 114 Å². The van der Waals surface area contributed by atoms with Gasteiger partial charge in [0.05, 0.1) is 0 Å². The predicted molar refractivity (Wildman–Crippen MR) is 73.1 cm³/mol. The van der Waals surface area contributed by atoms with Gasteiger partial charge in [-0.3, -0.25) is 4.90 Å². The van der Waals surface area contributed by atoms with Gasteiger partial charge in [-0.1, -0.05) is 21.1 Å². The molecule has 3 N–H and O–H groups in total. The third-order valence-corrected chi connectivity index (χ3v) is 3.20. The van der Waals surface area contributed by atoms with E-state index in [-0.39, 0.29) is 17.7 Å². The molecule has 0 spiro atoms. The number of nitrogens with zero attached hydrogens (tertiary/aromatic N) is 2. The summed E-state index contributed by atoms with van der Waals surface area (Å²) in [5.74, 6) is -0.0772.